The highest BCUT2D eigenvalue weighted by Crippen LogP contribution is 2.52. The first-order valence-electron chi connectivity index (χ1n) is 14.7. The van der Waals surface area contributed by atoms with E-state index in [1.807, 2.05) is 133 Å². The summed E-state index contributed by atoms with van der Waals surface area (Å²) in [4.78, 5) is 31.6. The van der Waals surface area contributed by atoms with E-state index >= 15 is 4.79 Å². The number of hydrogen-bond acceptors (Lipinski definition) is 5. The number of carbonyl (C=O) groups excluding carboxylic acids is 1. The molecule has 222 valence electrons. The number of ether oxygens (including phenoxy) is 1. The van der Waals surface area contributed by atoms with Crippen LogP contribution in [0.2, 0.25) is 0 Å². The van der Waals surface area contributed by atoms with Crippen molar-refractivity contribution in [3.8, 4) is 0 Å². The second-order valence-corrected chi connectivity index (χ2v) is 11.9. The van der Waals surface area contributed by atoms with Crippen molar-refractivity contribution in [2.24, 2.45) is 0 Å². The van der Waals surface area contributed by atoms with Gasteiger partial charge in [0.1, 0.15) is 0 Å². The number of carboxylic acids is 1. The molecule has 4 aromatic carbocycles. The zero-order valence-electron chi connectivity index (χ0n) is 24.4. The van der Waals surface area contributed by atoms with Crippen LogP contribution in [-0.2, 0) is 33.1 Å². The molecule has 0 bridgehead atoms. The van der Waals surface area contributed by atoms with E-state index in [1.54, 1.807) is 11.8 Å². The number of anilines is 1. The van der Waals surface area contributed by atoms with Gasteiger partial charge in [0, 0.05) is 10.4 Å². The lowest BCUT2D eigenvalue weighted by atomic mass is 9.72. The van der Waals surface area contributed by atoms with Gasteiger partial charge in [0.2, 0.25) is 5.60 Å². The molecule has 1 amide bonds. The Morgan fingerprint density at radius 1 is 0.864 bits per heavy atom. The van der Waals surface area contributed by atoms with Gasteiger partial charge in [-0.3, -0.25) is 14.9 Å². The fourth-order valence-electron chi connectivity index (χ4n) is 6.31. The van der Waals surface area contributed by atoms with Gasteiger partial charge in [-0.1, -0.05) is 122 Å². The first kappa shape index (κ1) is 29.5. The molecular weight excluding hydrogens is 568 g/mol. The van der Waals surface area contributed by atoms with E-state index in [1.165, 1.54) is 11.3 Å². The molecule has 2 N–H and O–H groups in total. The summed E-state index contributed by atoms with van der Waals surface area (Å²) < 4.78 is 6.81. The summed E-state index contributed by atoms with van der Waals surface area (Å²) in [7, 11) is 0. The number of amides is 1. The number of nitrogens with one attached hydrogen (secondary N) is 1. The highest BCUT2D eigenvalue weighted by atomic mass is 32.1. The van der Waals surface area contributed by atoms with Crippen LogP contribution in [0.3, 0.4) is 0 Å². The molecule has 1 aromatic heterocycles. The van der Waals surface area contributed by atoms with E-state index in [0.717, 1.165) is 21.6 Å². The van der Waals surface area contributed by atoms with E-state index < -0.39 is 29.1 Å². The van der Waals surface area contributed by atoms with Crippen LogP contribution in [0.5, 0.6) is 0 Å². The molecule has 0 fully saturated rings. The number of nitrogens with zero attached hydrogens (tertiary/aromatic N) is 1. The summed E-state index contributed by atoms with van der Waals surface area (Å²) in [5.41, 5.74) is 0.126. The minimum atomic E-state index is -1.88. The normalized spacial score (nSPS) is 17.4. The Labute approximate surface area is 261 Å². The van der Waals surface area contributed by atoms with Crippen LogP contribution in [0.1, 0.15) is 46.5 Å². The second-order valence-electron chi connectivity index (χ2n) is 10.9. The number of benzene rings is 4. The van der Waals surface area contributed by atoms with Crippen LogP contribution in [-0.4, -0.2) is 22.5 Å². The molecule has 1 aliphatic heterocycles. The fourth-order valence-corrected chi connectivity index (χ4v) is 6.92. The van der Waals surface area contributed by atoms with Gasteiger partial charge in [0.15, 0.2) is 5.54 Å². The maximum atomic E-state index is 15.1. The van der Waals surface area contributed by atoms with Gasteiger partial charge in [-0.25, -0.2) is 0 Å². The maximum absolute atomic E-state index is 15.1. The number of carbonyl (C=O) groups is 2. The van der Waals surface area contributed by atoms with Gasteiger partial charge in [0.05, 0.1) is 24.9 Å². The van der Waals surface area contributed by atoms with Gasteiger partial charge in [-0.15, -0.1) is 11.3 Å². The van der Waals surface area contributed by atoms with Crippen LogP contribution in [0.4, 0.5) is 5.69 Å². The van der Waals surface area contributed by atoms with Crippen LogP contribution in [0.25, 0.3) is 0 Å². The van der Waals surface area contributed by atoms with Crippen molar-refractivity contribution in [3.63, 3.8) is 0 Å². The molecule has 5 aromatic rings. The summed E-state index contributed by atoms with van der Waals surface area (Å²) in [5, 5.41) is 16.9. The van der Waals surface area contributed by atoms with Crippen molar-refractivity contribution in [2.45, 2.75) is 43.7 Å². The number of aliphatic carboxylic acids is 1. The predicted octanol–water partition coefficient (Wildman–Crippen LogP) is 7.32. The van der Waals surface area contributed by atoms with E-state index in [2.05, 4.69) is 5.32 Å². The van der Waals surface area contributed by atoms with Gasteiger partial charge < -0.3 is 14.7 Å². The molecule has 0 aliphatic carbocycles. The minimum absolute atomic E-state index is 0.0716. The van der Waals surface area contributed by atoms with Crippen molar-refractivity contribution < 1.29 is 19.4 Å². The number of carboxylic acid groups (broad SMARTS) is 1. The van der Waals surface area contributed by atoms with Gasteiger partial charge >= 0.3 is 5.97 Å². The Kier molecular flexibility index (Phi) is 8.44. The Bertz CT molecular complexity index is 1670. The number of hydrogen-bond donors (Lipinski definition) is 2. The van der Waals surface area contributed by atoms with E-state index in [4.69, 9.17) is 4.74 Å². The molecule has 0 radical (unpaired) electrons. The summed E-state index contributed by atoms with van der Waals surface area (Å²) in [6.07, 6.45) is 0.0716. The van der Waals surface area contributed by atoms with Crippen LogP contribution in [0, 0.1) is 0 Å². The molecule has 2 unspecified atom stereocenters. The number of thiophene rings is 1. The van der Waals surface area contributed by atoms with Crippen molar-refractivity contribution in [1.82, 2.24) is 5.32 Å². The third-order valence-electron chi connectivity index (χ3n) is 8.47. The Balaban J connectivity index is 1.56. The monoisotopic (exact) mass is 602 g/mol. The molecule has 1 aliphatic rings. The zero-order valence-corrected chi connectivity index (χ0v) is 25.2. The number of rotatable bonds is 12. The van der Waals surface area contributed by atoms with Crippen LogP contribution < -0.4 is 10.2 Å². The first-order valence-corrected chi connectivity index (χ1v) is 15.6. The smallest absolute Gasteiger partial charge is 0.327 e. The lowest BCUT2D eigenvalue weighted by Gasteiger charge is -2.46. The Morgan fingerprint density at radius 3 is 2.02 bits per heavy atom. The summed E-state index contributed by atoms with van der Waals surface area (Å²) in [6, 6.07) is 39.9. The predicted molar refractivity (Wildman–Crippen MR) is 173 cm³/mol. The van der Waals surface area contributed by atoms with Crippen LogP contribution >= 0.6 is 11.3 Å². The standard InChI is InChI=1S/C37H34N2O4S/c1-2-36(35(41)42,38-33(28-17-8-4-9-18-28)29-19-10-5-11-20-29)37(43-26-30-21-14-24-44-30)31-22-12-13-23-32(31)39(34(37)40)25-27-15-6-3-7-16-27/h3-24,33,38H,2,25-26H2,1H3,(H,41,42). The number of para-hydroxylation sites is 1. The Morgan fingerprint density at radius 2 is 1.45 bits per heavy atom. The molecule has 6 rings (SSSR count). The molecular formula is C37H34N2O4S. The third kappa shape index (κ3) is 5.13. The molecule has 6 nitrogen and oxygen atoms in total. The fraction of sp³-hybridized carbons (Fsp3) is 0.189. The largest absolute Gasteiger partial charge is 0.480 e. The van der Waals surface area contributed by atoms with Crippen molar-refractivity contribution in [2.75, 3.05) is 4.90 Å². The van der Waals surface area contributed by atoms with Crippen LogP contribution in [0.15, 0.2) is 133 Å². The van der Waals surface area contributed by atoms with Gasteiger partial charge in [-0.05, 0) is 40.6 Å². The van der Waals surface area contributed by atoms with E-state index in [0.29, 0.717) is 11.3 Å². The maximum Gasteiger partial charge on any atom is 0.327 e. The highest BCUT2D eigenvalue weighted by Gasteiger charge is 2.68. The molecule has 0 saturated heterocycles. The molecule has 2 heterocycles. The SMILES string of the molecule is CCC(NC(c1ccccc1)c1ccccc1)(C(=O)O)C1(OCc2cccs2)C(=O)N(Cc2ccccc2)c2ccccc21. The average Bonchev–Trinajstić information content (AvgIpc) is 3.68. The second kappa shape index (κ2) is 12.6. The van der Waals surface area contributed by atoms with E-state index in [-0.39, 0.29) is 19.6 Å². The van der Waals surface area contributed by atoms with Crippen molar-refractivity contribution in [1.29, 1.82) is 0 Å². The van der Waals surface area contributed by atoms with E-state index in [9.17, 15) is 9.90 Å². The third-order valence-corrected chi connectivity index (χ3v) is 9.32. The Hall–Kier alpha value is -4.56. The lowest BCUT2D eigenvalue weighted by Crippen LogP contribution is -2.70. The quantitative estimate of drug-likeness (QED) is 0.156. The minimum Gasteiger partial charge on any atom is -0.480 e. The summed E-state index contributed by atoms with van der Waals surface area (Å²) in [6.45, 7) is 2.16. The zero-order chi connectivity index (χ0) is 30.6. The first-order chi connectivity index (χ1) is 21.5. The van der Waals surface area contributed by atoms with Crippen molar-refractivity contribution in [3.05, 3.63) is 160 Å². The molecule has 44 heavy (non-hydrogen) atoms. The molecule has 0 spiro atoms. The summed E-state index contributed by atoms with van der Waals surface area (Å²) in [5.74, 6) is -1.57. The topological polar surface area (TPSA) is 78.9 Å². The lowest BCUT2D eigenvalue weighted by molar-refractivity contribution is -0.181. The highest BCUT2D eigenvalue weighted by molar-refractivity contribution is 7.09. The van der Waals surface area contributed by atoms with Gasteiger partial charge in [0.25, 0.3) is 5.91 Å². The average molecular weight is 603 g/mol. The molecule has 7 heteroatoms. The van der Waals surface area contributed by atoms with Crippen molar-refractivity contribution >= 4 is 28.9 Å². The molecule has 2 atom stereocenters. The molecule has 0 saturated carbocycles. The number of fused-ring (bicyclic) bond motifs is 1. The summed E-state index contributed by atoms with van der Waals surface area (Å²) >= 11 is 1.51. The van der Waals surface area contributed by atoms with Gasteiger partial charge in [-0.2, -0.15) is 0 Å².